The standard InChI is InChI=1S/C21H22N4O3S/c1-29-11-10-17(23)21-25-18(12-28-21)20(27)24-16-8-4-14(5-9-16)19(26)13-2-6-15(22)7-3-13/h2-9,12,17H,10-11,22-23H2,1H3,(H,24,27). The first-order valence-electron chi connectivity index (χ1n) is 8.99. The lowest BCUT2D eigenvalue weighted by Gasteiger charge is -2.06. The van der Waals surface area contributed by atoms with Crippen molar-refractivity contribution in [3.05, 3.63) is 77.5 Å². The fraction of sp³-hybridized carbons (Fsp3) is 0.190. The Kier molecular flexibility index (Phi) is 6.69. The van der Waals surface area contributed by atoms with E-state index in [2.05, 4.69) is 10.3 Å². The molecule has 0 saturated carbocycles. The molecule has 2 aromatic carbocycles. The molecule has 1 atom stereocenters. The summed E-state index contributed by atoms with van der Waals surface area (Å²) < 4.78 is 5.33. The maximum absolute atomic E-state index is 12.5. The molecule has 5 N–H and O–H groups in total. The molecule has 1 heterocycles. The van der Waals surface area contributed by atoms with E-state index in [0.717, 1.165) is 5.75 Å². The van der Waals surface area contributed by atoms with E-state index in [1.165, 1.54) is 6.26 Å². The highest BCUT2D eigenvalue weighted by Gasteiger charge is 2.17. The number of nitrogens with one attached hydrogen (secondary N) is 1. The molecule has 7 nitrogen and oxygen atoms in total. The summed E-state index contributed by atoms with van der Waals surface area (Å²) in [7, 11) is 0. The number of thioether (sulfide) groups is 1. The van der Waals surface area contributed by atoms with E-state index in [1.807, 2.05) is 6.26 Å². The molecule has 3 aromatic rings. The number of nitrogen functional groups attached to an aromatic ring is 1. The summed E-state index contributed by atoms with van der Waals surface area (Å²) in [5, 5.41) is 2.73. The van der Waals surface area contributed by atoms with Gasteiger partial charge in [-0.3, -0.25) is 9.59 Å². The maximum Gasteiger partial charge on any atom is 0.277 e. The number of hydrogen-bond acceptors (Lipinski definition) is 7. The summed E-state index contributed by atoms with van der Waals surface area (Å²) in [6, 6.07) is 13.0. The van der Waals surface area contributed by atoms with Crippen LogP contribution in [0, 0.1) is 0 Å². The van der Waals surface area contributed by atoms with Gasteiger partial charge in [0, 0.05) is 22.5 Å². The van der Waals surface area contributed by atoms with E-state index in [-0.39, 0.29) is 17.5 Å². The number of hydrogen-bond donors (Lipinski definition) is 3. The van der Waals surface area contributed by atoms with Gasteiger partial charge in [-0.25, -0.2) is 4.98 Å². The molecule has 0 fully saturated rings. The Morgan fingerprint density at radius 3 is 2.34 bits per heavy atom. The smallest absolute Gasteiger partial charge is 0.277 e. The lowest BCUT2D eigenvalue weighted by Crippen LogP contribution is -2.15. The van der Waals surface area contributed by atoms with Crippen molar-refractivity contribution in [3.63, 3.8) is 0 Å². The van der Waals surface area contributed by atoms with Crippen molar-refractivity contribution in [1.29, 1.82) is 0 Å². The van der Waals surface area contributed by atoms with Gasteiger partial charge in [0.25, 0.3) is 5.91 Å². The number of nitrogens with zero attached hydrogens (tertiary/aromatic N) is 1. The van der Waals surface area contributed by atoms with Crippen molar-refractivity contribution in [2.45, 2.75) is 12.5 Å². The monoisotopic (exact) mass is 410 g/mol. The van der Waals surface area contributed by atoms with Crippen LogP contribution in [0.2, 0.25) is 0 Å². The minimum absolute atomic E-state index is 0.122. The van der Waals surface area contributed by atoms with Crippen LogP contribution in [0.1, 0.15) is 44.8 Å². The number of carbonyl (C=O) groups excluding carboxylic acids is 2. The Hall–Kier alpha value is -3.10. The van der Waals surface area contributed by atoms with Crippen LogP contribution in [0.25, 0.3) is 0 Å². The zero-order valence-electron chi connectivity index (χ0n) is 15.9. The normalized spacial score (nSPS) is 11.8. The van der Waals surface area contributed by atoms with E-state index in [1.54, 1.807) is 60.3 Å². The van der Waals surface area contributed by atoms with Crippen molar-refractivity contribution < 1.29 is 14.0 Å². The number of anilines is 2. The van der Waals surface area contributed by atoms with Crippen LogP contribution >= 0.6 is 11.8 Å². The molecule has 0 aliphatic rings. The van der Waals surface area contributed by atoms with Crippen LogP contribution in [0.4, 0.5) is 11.4 Å². The second-order valence-corrected chi connectivity index (χ2v) is 7.43. The lowest BCUT2D eigenvalue weighted by molar-refractivity contribution is 0.101. The van der Waals surface area contributed by atoms with Gasteiger partial charge in [-0.05, 0) is 67.0 Å². The van der Waals surface area contributed by atoms with Gasteiger partial charge < -0.3 is 21.2 Å². The zero-order chi connectivity index (χ0) is 20.8. The number of rotatable bonds is 8. The molecule has 0 saturated heterocycles. The molecule has 0 radical (unpaired) electrons. The molecule has 0 bridgehead atoms. The molecule has 29 heavy (non-hydrogen) atoms. The molecule has 1 amide bonds. The molecule has 1 aromatic heterocycles. The van der Waals surface area contributed by atoms with E-state index in [0.29, 0.717) is 34.8 Å². The maximum atomic E-state index is 12.5. The minimum Gasteiger partial charge on any atom is -0.446 e. The third-order valence-corrected chi connectivity index (χ3v) is 4.93. The van der Waals surface area contributed by atoms with Gasteiger partial charge in [0.1, 0.15) is 6.26 Å². The van der Waals surface area contributed by atoms with Crippen molar-refractivity contribution in [3.8, 4) is 0 Å². The summed E-state index contributed by atoms with van der Waals surface area (Å²) >= 11 is 1.68. The van der Waals surface area contributed by atoms with Gasteiger partial charge >= 0.3 is 0 Å². The predicted molar refractivity (Wildman–Crippen MR) is 115 cm³/mol. The fourth-order valence-electron chi connectivity index (χ4n) is 2.63. The number of aromatic nitrogens is 1. The number of oxazole rings is 1. The van der Waals surface area contributed by atoms with Gasteiger partial charge in [-0.2, -0.15) is 11.8 Å². The average molecular weight is 410 g/mol. The Labute approximate surface area is 172 Å². The summed E-state index contributed by atoms with van der Waals surface area (Å²) in [6.07, 6.45) is 4.00. The average Bonchev–Trinajstić information content (AvgIpc) is 3.23. The second-order valence-electron chi connectivity index (χ2n) is 6.44. The van der Waals surface area contributed by atoms with Gasteiger partial charge in [0.2, 0.25) is 5.89 Å². The first-order valence-corrected chi connectivity index (χ1v) is 10.4. The molecule has 3 rings (SSSR count). The summed E-state index contributed by atoms with van der Waals surface area (Å²) in [5.41, 5.74) is 14.0. The van der Waals surface area contributed by atoms with Crippen LogP contribution < -0.4 is 16.8 Å². The quantitative estimate of drug-likeness (QED) is 0.383. The van der Waals surface area contributed by atoms with Gasteiger partial charge in [0.15, 0.2) is 11.5 Å². The number of nitrogens with two attached hydrogens (primary N) is 2. The minimum atomic E-state index is -0.408. The van der Waals surface area contributed by atoms with Gasteiger partial charge in [-0.15, -0.1) is 0 Å². The molecule has 1 unspecified atom stereocenters. The number of ketones is 1. The third kappa shape index (κ3) is 5.24. The largest absolute Gasteiger partial charge is 0.446 e. The topological polar surface area (TPSA) is 124 Å². The number of carbonyl (C=O) groups is 2. The Bertz CT molecular complexity index is 984. The third-order valence-electron chi connectivity index (χ3n) is 4.28. The first-order chi connectivity index (χ1) is 14.0. The second kappa shape index (κ2) is 9.40. The Balaban J connectivity index is 1.63. The van der Waals surface area contributed by atoms with Crippen molar-refractivity contribution in [1.82, 2.24) is 4.98 Å². The molecule has 0 spiro atoms. The highest BCUT2D eigenvalue weighted by molar-refractivity contribution is 7.98. The molecular formula is C21H22N4O3S. The van der Waals surface area contributed by atoms with Crippen LogP contribution in [0.5, 0.6) is 0 Å². The SMILES string of the molecule is CSCCC(N)c1nc(C(=O)Nc2ccc(C(=O)c3ccc(N)cc3)cc2)co1. The Morgan fingerprint density at radius 2 is 1.72 bits per heavy atom. The molecule has 0 aliphatic carbocycles. The highest BCUT2D eigenvalue weighted by Crippen LogP contribution is 2.18. The molecular weight excluding hydrogens is 388 g/mol. The van der Waals surface area contributed by atoms with E-state index < -0.39 is 5.91 Å². The summed E-state index contributed by atoms with van der Waals surface area (Å²) in [5.74, 6) is 0.693. The van der Waals surface area contributed by atoms with Crippen molar-refractivity contribution in [2.75, 3.05) is 23.1 Å². The van der Waals surface area contributed by atoms with Crippen molar-refractivity contribution >= 4 is 34.8 Å². The van der Waals surface area contributed by atoms with Gasteiger partial charge in [-0.1, -0.05) is 0 Å². The van der Waals surface area contributed by atoms with E-state index in [4.69, 9.17) is 15.9 Å². The number of benzene rings is 2. The van der Waals surface area contributed by atoms with Gasteiger partial charge in [0.05, 0.1) is 6.04 Å². The molecule has 0 aliphatic heterocycles. The Morgan fingerprint density at radius 1 is 1.10 bits per heavy atom. The zero-order valence-corrected chi connectivity index (χ0v) is 16.7. The van der Waals surface area contributed by atoms with E-state index >= 15 is 0 Å². The fourth-order valence-corrected chi connectivity index (χ4v) is 3.12. The summed E-state index contributed by atoms with van der Waals surface area (Å²) in [6.45, 7) is 0. The van der Waals surface area contributed by atoms with Crippen molar-refractivity contribution in [2.24, 2.45) is 5.73 Å². The summed E-state index contributed by atoms with van der Waals surface area (Å²) in [4.78, 5) is 29.0. The molecule has 150 valence electrons. The van der Waals surface area contributed by atoms with Crippen LogP contribution in [0.15, 0.2) is 59.2 Å². The number of amides is 1. The van der Waals surface area contributed by atoms with Crippen LogP contribution in [0.3, 0.4) is 0 Å². The van der Waals surface area contributed by atoms with Crippen LogP contribution in [-0.2, 0) is 0 Å². The predicted octanol–water partition coefficient (Wildman–Crippen LogP) is 3.49. The van der Waals surface area contributed by atoms with Crippen LogP contribution in [-0.4, -0.2) is 28.7 Å². The first kappa shape index (κ1) is 20.6. The molecule has 8 heteroatoms. The lowest BCUT2D eigenvalue weighted by atomic mass is 10.0. The van der Waals surface area contributed by atoms with E-state index in [9.17, 15) is 9.59 Å². The highest BCUT2D eigenvalue weighted by atomic mass is 32.2.